The van der Waals surface area contributed by atoms with E-state index >= 15 is 0 Å². The third-order valence-electron chi connectivity index (χ3n) is 3.72. The van der Waals surface area contributed by atoms with Crippen molar-refractivity contribution in [3.63, 3.8) is 0 Å². The van der Waals surface area contributed by atoms with E-state index in [9.17, 15) is 4.79 Å². The van der Waals surface area contributed by atoms with Gasteiger partial charge < -0.3 is 11.1 Å². The van der Waals surface area contributed by atoms with Crippen LogP contribution >= 0.6 is 12.2 Å². The first-order chi connectivity index (χ1) is 8.00. The van der Waals surface area contributed by atoms with E-state index < -0.39 is 0 Å². The van der Waals surface area contributed by atoms with Gasteiger partial charge in [0.2, 0.25) is 5.91 Å². The largest absolute Gasteiger partial charge is 0.393 e. The highest BCUT2D eigenvalue weighted by Crippen LogP contribution is 2.30. The van der Waals surface area contributed by atoms with Gasteiger partial charge in [-0.1, -0.05) is 38.4 Å². The molecule has 17 heavy (non-hydrogen) atoms. The van der Waals surface area contributed by atoms with Crippen LogP contribution in [0.1, 0.15) is 46.0 Å². The molecule has 1 saturated carbocycles. The monoisotopic (exact) mass is 256 g/mol. The average Bonchev–Trinajstić information content (AvgIpc) is 2.27. The van der Waals surface area contributed by atoms with Crippen molar-refractivity contribution in [1.29, 1.82) is 0 Å². The lowest BCUT2D eigenvalue weighted by molar-refractivity contribution is -0.122. The molecule has 0 heterocycles. The number of nitrogens with two attached hydrogens (primary N) is 1. The Labute approximate surface area is 110 Å². The van der Waals surface area contributed by atoms with E-state index in [2.05, 4.69) is 12.2 Å². The number of rotatable bonds is 5. The summed E-state index contributed by atoms with van der Waals surface area (Å²) in [6, 6.07) is 0. The second-order valence-corrected chi connectivity index (χ2v) is 5.81. The molecule has 3 atom stereocenters. The van der Waals surface area contributed by atoms with Crippen LogP contribution in [-0.4, -0.2) is 17.4 Å². The van der Waals surface area contributed by atoms with E-state index in [-0.39, 0.29) is 16.8 Å². The molecule has 1 aliphatic carbocycles. The van der Waals surface area contributed by atoms with Gasteiger partial charge in [0.25, 0.3) is 0 Å². The summed E-state index contributed by atoms with van der Waals surface area (Å²) in [5.41, 5.74) is 5.44. The summed E-state index contributed by atoms with van der Waals surface area (Å²) in [7, 11) is 0. The maximum Gasteiger partial charge on any atom is 0.229 e. The zero-order valence-electron chi connectivity index (χ0n) is 10.9. The zero-order chi connectivity index (χ0) is 12.8. The van der Waals surface area contributed by atoms with E-state index in [4.69, 9.17) is 18.0 Å². The first-order valence-electron chi connectivity index (χ1n) is 6.57. The molecule has 0 saturated heterocycles. The summed E-state index contributed by atoms with van der Waals surface area (Å²) in [5, 5.41) is 2.92. The van der Waals surface area contributed by atoms with Crippen molar-refractivity contribution < 1.29 is 4.79 Å². The van der Waals surface area contributed by atoms with Crippen molar-refractivity contribution in [3.8, 4) is 0 Å². The van der Waals surface area contributed by atoms with E-state index in [1.807, 2.05) is 0 Å². The van der Waals surface area contributed by atoms with Gasteiger partial charge in [-0.25, -0.2) is 0 Å². The van der Waals surface area contributed by atoms with Gasteiger partial charge in [-0.05, 0) is 31.6 Å². The minimum atomic E-state index is -0.352. The highest BCUT2D eigenvalue weighted by molar-refractivity contribution is 7.80. The minimum absolute atomic E-state index is 0.0404. The van der Waals surface area contributed by atoms with Crippen LogP contribution in [0, 0.1) is 17.8 Å². The van der Waals surface area contributed by atoms with Crippen molar-refractivity contribution >= 4 is 23.1 Å². The quantitative estimate of drug-likeness (QED) is 0.742. The molecular formula is C13H24N2OS. The van der Waals surface area contributed by atoms with E-state index in [0.29, 0.717) is 0 Å². The average molecular weight is 256 g/mol. The molecular weight excluding hydrogens is 232 g/mol. The van der Waals surface area contributed by atoms with Gasteiger partial charge in [-0.15, -0.1) is 0 Å². The van der Waals surface area contributed by atoms with Crippen LogP contribution < -0.4 is 11.1 Å². The van der Waals surface area contributed by atoms with Crippen molar-refractivity contribution in [3.05, 3.63) is 0 Å². The van der Waals surface area contributed by atoms with Gasteiger partial charge in [-0.3, -0.25) is 4.79 Å². The topological polar surface area (TPSA) is 55.1 Å². The molecule has 0 radical (unpaired) electrons. The molecule has 1 fully saturated rings. The van der Waals surface area contributed by atoms with Crippen LogP contribution in [0.3, 0.4) is 0 Å². The van der Waals surface area contributed by atoms with Gasteiger partial charge in [0.1, 0.15) is 0 Å². The molecule has 3 unspecified atom stereocenters. The predicted octanol–water partition coefficient (Wildman–Crippen LogP) is 2.24. The number of amides is 1. The van der Waals surface area contributed by atoms with Crippen molar-refractivity contribution in [2.75, 3.05) is 6.54 Å². The van der Waals surface area contributed by atoms with E-state index in [1.165, 1.54) is 25.7 Å². The second kappa shape index (κ2) is 6.94. The summed E-state index contributed by atoms with van der Waals surface area (Å²) >= 11 is 4.80. The molecule has 0 aromatic rings. The number of carbonyl (C=O) groups is 1. The molecule has 0 aromatic carbocycles. The SMILES string of the molecule is CC1CCCC(CCNC(=O)C(C)C(N)=S)C1. The Bertz CT molecular complexity index is 281. The van der Waals surface area contributed by atoms with Gasteiger partial charge in [0.05, 0.1) is 10.9 Å². The number of hydrogen-bond acceptors (Lipinski definition) is 2. The van der Waals surface area contributed by atoms with Crippen LogP contribution in [0.5, 0.6) is 0 Å². The molecule has 1 rings (SSSR count). The first-order valence-corrected chi connectivity index (χ1v) is 6.98. The van der Waals surface area contributed by atoms with E-state index in [1.54, 1.807) is 6.92 Å². The Morgan fingerprint density at radius 2 is 2.24 bits per heavy atom. The second-order valence-electron chi connectivity index (χ2n) is 5.34. The lowest BCUT2D eigenvalue weighted by atomic mass is 9.81. The van der Waals surface area contributed by atoms with Crippen molar-refractivity contribution in [2.45, 2.75) is 46.0 Å². The third kappa shape index (κ3) is 5.02. The van der Waals surface area contributed by atoms with Crippen LogP contribution in [0.2, 0.25) is 0 Å². The van der Waals surface area contributed by atoms with Gasteiger partial charge >= 0.3 is 0 Å². The van der Waals surface area contributed by atoms with Gasteiger partial charge in [-0.2, -0.15) is 0 Å². The smallest absolute Gasteiger partial charge is 0.229 e. The Balaban J connectivity index is 2.19. The fraction of sp³-hybridized carbons (Fsp3) is 0.846. The molecule has 0 aliphatic heterocycles. The highest BCUT2D eigenvalue weighted by atomic mass is 32.1. The van der Waals surface area contributed by atoms with Crippen LogP contribution in [-0.2, 0) is 4.79 Å². The summed E-state index contributed by atoms with van der Waals surface area (Å²) < 4.78 is 0. The Hall–Kier alpha value is -0.640. The fourth-order valence-corrected chi connectivity index (χ4v) is 2.61. The molecule has 0 bridgehead atoms. The lowest BCUT2D eigenvalue weighted by Gasteiger charge is -2.26. The summed E-state index contributed by atoms with van der Waals surface area (Å²) in [6.07, 6.45) is 6.40. The maximum absolute atomic E-state index is 11.6. The zero-order valence-corrected chi connectivity index (χ0v) is 11.7. The number of thiocarbonyl (C=S) groups is 1. The van der Waals surface area contributed by atoms with Gasteiger partial charge in [0, 0.05) is 6.54 Å². The molecule has 1 aliphatic rings. The Kier molecular flexibility index (Phi) is 5.89. The molecule has 98 valence electrons. The van der Waals surface area contributed by atoms with Crippen LogP contribution in [0.15, 0.2) is 0 Å². The predicted molar refractivity (Wildman–Crippen MR) is 74.7 cm³/mol. The molecule has 3 N–H and O–H groups in total. The third-order valence-corrected chi connectivity index (χ3v) is 4.07. The Morgan fingerprint density at radius 1 is 1.53 bits per heavy atom. The van der Waals surface area contributed by atoms with Gasteiger partial charge in [0.15, 0.2) is 0 Å². The Morgan fingerprint density at radius 3 is 2.82 bits per heavy atom. The standard InChI is InChI=1S/C13H24N2OS/c1-9-4-3-5-11(8-9)6-7-15-13(16)10(2)12(14)17/h9-11H,3-8H2,1-2H3,(H2,14,17)(H,15,16). The summed E-state index contributed by atoms with van der Waals surface area (Å²) in [6.45, 7) is 4.82. The number of hydrogen-bond donors (Lipinski definition) is 2. The summed E-state index contributed by atoms with van der Waals surface area (Å²) in [4.78, 5) is 11.9. The molecule has 4 heteroatoms. The van der Waals surface area contributed by atoms with Crippen molar-refractivity contribution in [2.24, 2.45) is 23.5 Å². The lowest BCUT2D eigenvalue weighted by Crippen LogP contribution is -2.37. The maximum atomic E-state index is 11.6. The minimum Gasteiger partial charge on any atom is -0.393 e. The highest BCUT2D eigenvalue weighted by Gasteiger charge is 2.19. The molecule has 1 amide bonds. The first kappa shape index (κ1) is 14.4. The fourth-order valence-electron chi connectivity index (χ4n) is 2.50. The summed E-state index contributed by atoms with van der Waals surface area (Å²) in [5.74, 6) is 1.23. The number of carbonyl (C=O) groups excluding carboxylic acids is 1. The molecule has 0 aromatic heterocycles. The molecule has 3 nitrogen and oxygen atoms in total. The molecule has 0 spiro atoms. The van der Waals surface area contributed by atoms with E-state index in [0.717, 1.165) is 24.8 Å². The van der Waals surface area contributed by atoms with Crippen LogP contribution in [0.25, 0.3) is 0 Å². The van der Waals surface area contributed by atoms with Crippen molar-refractivity contribution in [1.82, 2.24) is 5.32 Å². The normalized spacial score (nSPS) is 26.2. The van der Waals surface area contributed by atoms with Crippen LogP contribution in [0.4, 0.5) is 0 Å². The number of nitrogens with one attached hydrogen (secondary N) is 1.